The number of esters is 1. The van der Waals surface area contributed by atoms with Crippen LogP contribution >= 0.6 is 0 Å². The van der Waals surface area contributed by atoms with Crippen LogP contribution in [0.5, 0.6) is 0 Å². The van der Waals surface area contributed by atoms with Crippen LogP contribution in [0, 0.1) is 0 Å². The Morgan fingerprint density at radius 3 is 2.29 bits per heavy atom. The first-order chi connectivity index (χ1) is 14.5. The molecule has 0 saturated heterocycles. The van der Waals surface area contributed by atoms with Gasteiger partial charge in [-0.3, -0.25) is 14.4 Å². The lowest BCUT2D eigenvalue weighted by Crippen LogP contribution is -2.52. The molecular formula is C22H31N3O6. The van der Waals surface area contributed by atoms with Crippen LogP contribution in [0.3, 0.4) is 0 Å². The van der Waals surface area contributed by atoms with Gasteiger partial charge in [-0.15, -0.1) is 6.58 Å². The number of benzene rings is 1. The van der Waals surface area contributed by atoms with E-state index in [4.69, 9.17) is 4.74 Å². The second-order valence-corrected chi connectivity index (χ2v) is 7.75. The predicted molar refractivity (Wildman–Crippen MR) is 115 cm³/mol. The monoisotopic (exact) mass is 433 g/mol. The number of nitrogens with zero attached hydrogens (tertiary/aromatic N) is 1. The van der Waals surface area contributed by atoms with Crippen molar-refractivity contribution in [1.82, 2.24) is 15.5 Å². The van der Waals surface area contributed by atoms with Gasteiger partial charge in [0, 0.05) is 6.54 Å². The van der Waals surface area contributed by atoms with E-state index in [-0.39, 0.29) is 13.1 Å². The van der Waals surface area contributed by atoms with E-state index >= 15 is 0 Å². The van der Waals surface area contributed by atoms with Crippen LogP contribution in [0.2, 0.25) is 0 Å². The summed E-state index contributed by atoms with van der Waals surface area (Å²) in [7, 11) is 1.21. The Kier molecular flexibility index (Phi) is 9.72. The Hall–Kier alpha value is -3.36. The summed E-state index contributed by atoms with van der Waals surface area (Å²) in [6.07, 6.45) is 0.722. The molecule has 0 spiro atoms. The quantitative estimate of drug-likeness (QED) is 0.454. The first-order valence-corrected chi connectivity index (χ1v) is 9.80. The van der Waals surface area contributed by atoms with Gasteiger partial charge in [-0.25, -0.2) is 4.79 Å². The molecule has 9 nitrogen and oxygen atoms in total. The van der Waals surface area contributed by atoms with Crippen LogP contribution in [0.15, 0.2) is 43.0 Å². The summed E-state index contributed by atoms with van der Waals surface area (Å²) in [4.78, 5) is 51.0. The Balaban J connectivity index is 3.15. The first-order valence-electron chi connectivity index (χ1n) is 9.80. The molecule has 170 valence electrons. The van der Waals surface area contributed by atoms with Crippen LogP contribution in [-0.2, 0) is 23.9 Å². The molecule has 0 fully saturated rings. The highest BCUT2D eigenvalue weighted by Crippen LogP contribution is 2.22. The van der Waals surface area contributed by atoms with Crippen molar-refractivity contribution in [3.05, 3.63) is 48.6 Å². The van der Waals surface area contributed by atoms with Crippen LogP contribution in [0.25, 0.3) is 0 Å². The first kappa shape index (κ1) is 25.7. The van der Waals surface area contributed by atoms with Crippen molar-refractivity contribution in [3.63, 3.8) is 0 Å². The minimum Gasteiger partial charge on any atom is -0.468 e. The minimum absolute atomic E-state index is 0.0321. The Labute approximate surface area is 182 Å². The van der Waals surface area contributed by atoms with Crippen molar-refractivity contribution in [2.45, 2.75) is 45.4 Å². The molecule has 3 amide bonds. The zero-order valence-electron chi connectivity index (χ0n) is 18.6. The lowest BCUT2D eigenvalue weighted by atomic mass is 10.0. The van der Waals surface area contributed by atoms with Gasteiger partial charge in [0.15, 0.2) is 0 Å². The predicted octanol–water partition coefficient (Wildman–Crippen LogP) is 1.94. The van der Waals surface area contributed by atoms with Gasteiger partial charge in [0.05, 0.1) is 7.11 Å². The minimum atomic E-state index is -1.06. The van der Waals surface area contributed by atoms with E-state index in [0.717, 1.165) is 0 Å². The standard InChI is InChI=1S/C22H31N3O6/c1-7-13-25(20(28)15(2)24-21(29)31-22(3,4)5)18(16-11-9-8-10-12-16)19(27)23-14-17(26)30-6/h7-12,15,18H,1,13-14H2,2-6H3,(H,23,27)(H,24,29). The zero-order valence-corrected chi connectivity index (χ0v) is 18.6. The summed E-state index contributed by atoms with van der Waals surface area (Å²) < 4.78 is 9.75. The fourth-order valence-corrected chi connectivity index (χ4v) is 2.69. The summed E-state index contributed by atoms with van der Waals surface area (Å²) in [5.74, 6) is -1.72. The van der Waals surface area contributed by atoms with Crippen molar-refractivity contribution >= 4 is 23.9 Å². The smallest absolute Gasteiger partial charge is 0.408 e. The van der Waals surface area contributed by atoms with Gasteiger partial charge in [-0.2, -0.15) is 0 Å². The van der Waals surface area contributed by atoms with Gasteiger partial charge in [-0.05, 0) is 33.3 Å². The van der Waals surface area contributed by atoms with E-state index in [1.807, 2.05) is 0 Å². The lowest BCUT2D eigenvalue weighted by Gasteiger charge is -2.32. The summed E-state index contributed by atoms with van der Waals surface area (Å²) in [6.45, 7) is 9.97. The van der Waals surface area contributed by atoms with Crippen LogP contribution in [0.4, 0.5) is 4.79 Å². The normalized spacial score (nSPS) is 12.7. The van der Waals surface area contributed by atoms with Crippen molar-refractivity contribution < 1.29 is 28.7 Å². The number of methoxy groups -OCH3 is 1. The highest BCUT2D eigenvalue weighted by molar-refractivity contribution is 5.93. The number of alkyl carbamates (subject to hydrolysis) is 1. The number of carbonyl (C=O) groups excluding carboxylic acids is 4. The largest absolute Gasteiger partial charge is 0.468 e. The molecule has 9 heteroatoms. The number of nitrogens with one attached hydrogen (secondary N) is 2. The molecule has 1 rings (SSSR count). The van der Waals surface area contributed by atoms with Gasteiger partial charge in [0.2, 0.25) is 11.8 Å². The maximum atomic E-state index is 13.2. The van der Waals surface area contributed by atoms with Gasteiger partial charge in [0.1, 0.15) is 24.2 Å². The number of hydrogen-bond donors (Lipinski definition) is 2. The molecule has 2 atom stereocenters. The molecule has 1 aromatic rings. The van der Waals surface area contributed by atoms with Crippen LogP contribution in [-0.4, -0.2) is 60.6 Å². The molecule has 0 aromatic heterocycles. The Morgan fingerprint density at radius 2 is 1.77 bits per heavy atom. The summed E-state index contributed by atoms with van der Waals surface area (Å²) in [5, 5.41) is 4.97. The maximum absolute atomic E-state index is 13.2. The number of carbonyl (C=O) groups is 4. The van der Waals surface area contributed by atoms with E-state index in [0.29, 0.717) is 5.56 Å². The fraction of sp³-hybridized carbons (Fsp3) is 0.455. The fourth-order valence-electron chi connectivity index (χ4n) is 2.69. The van der Waals surface area contributed by atoms with E-state index < -0.39 is 41.6 Å². The molecule has 0 aliphatic carbocycles. The molecule has 31 heavy (non-hydrogen) atoms. The number of ether oxygens (including phenoxy) is 2. The number of amides is 3. The zero-order chi connectivity index (χ0) is 23.6. The molecule has 0 bridgehead atoms. The van der Waals surface area contributed by atoms with Gasteiger partial charge < -0.3 is 25.0 Å². The summed E-state index contributed by atoms with van der Waals surface area (Å²) in [6, 6.07) is 6.59. The van der Waals surface area contributed by atoms with Crippen LogP contribution in [0.1, 0.15) is 39.3 Å². The molecule has 0 heterocycles. The van der Waals surface area contributed by atoms with Crippen molar-refractivity contribution in [3.8, 4) is 0 Å². The highest BCUT2D eigenvalue weighted by atomic mass is 16.6. The molecular weight excluding hydrogens is 402 g/mol. The van der Waals surface area contributed by atoms with Gasteiger partial charge in [0.25, 0.3) is 0 Å². The van der Waals surface area contributed by atoms with Crippen molar-refractivity contribution in [2.24, 2.45) is 0 Å². The molecule has 2 N–H and O–H groups in total. The second-order valence-electron chi connectivity index (χ2n) is 7.75. The molecule has 1 aromatic carbocycles. The summed E-state index contributed by atoms with van der Waals surface area (Å²) in [5.41, 5.74) is -0.196. The summed E-state index contributed by atoms with van der Waals surface area (Å²) >= 11 is 0. The van der Waals surface area contributed by atoms with Gasteiger partial charge >= 0.3 is 12.1 Å². The number of hydrogen-bond acceptors (Lipinski definition) is 6. The van der Waals surface area contributed by atoms with E-state index in [9.17, 15) is 19.2 Å². The number of rotatable bonds is 9. The molecule has 0 aliphatic heterocycles. The molecule has 0 aliphatic rings. The van der Waals surface area contributed by atoms with Crippen LogP contribution < -0.4 is 10.6 Å². The van der Waals surface area contributed by atoms with Gasteiger partial charge in [-0.1, -0.05) is 36.4 Å². The average molecular weight is 434 g/mol. The average Bonchev–Trinajstić information content (AvgIpc) is 2.70. The third-order valence-corrected chi connectivity index (χ3v) is 4.02. The Morgan fingerprint density at radius 1 is 1.16 bits per heavy atom. The maximum Gasteiger partial charge on any atom is 0.408 e. The second kappa shape index (κ2) is 11.7. The third kappa shape index (κ3) is 8.49. The van der Waals surface area contributed by atoms with Crippen molar-refractivity contribution in [1.29, 1.82) is 0 Å². The van der Waals surface area contributed by atoms with E-state index in [1.165, 1.54) is 25.0 Å². The van der Waals surface area contributed by atoms with Crippen molar-refractivity contribution in [2.75, 3.05) is 20.2 Å². The topological polar surface area (TPSA) is 114 Å². The lowest BCUT2D eigenvalue weighted by molar-refractivity contribution is -0.144. The Bertz CT molecular complexity index is 788. The highest BCUT2D eigenvalue weighted by Gasteiger charge is 2.34. The molecule has 2 unspecified atom stereocenters. The molecule has 0 radical (unpaired) electrons. The third-order valence-electron chi connectivity index (χ3n) is 4.02. The SMILES string of the molecule is C=CCN(C(=O)C(C)NC(=O)OC(C)(C)C)C(C(=O)NCC(=O)OC)c1ccccc1. The molecule has 0 saturated carbocycles. The van der Waals surface area contributed by atoms with E-state index in [2.05, 4.69) is 21.9 Å². The van der Waals surface area contributed by atoms with E-state index in [1.54, 1.807) is 51.1 Å².